The van der Waals surface area contributed by atoms with Crippen molar-refractivity contribution in [2.45, 2.75) is 0 Å². The van der Waals surface area contributed by atoms with E-state index in [4.69, 9.17) is 0 Å². The van der Waals surface area contributed by atoms with E-state index >= 15 is 0 Å². The Morgan fingerprint density at radius 1 is 0.488 bits per heavy atom. The fourth-order valence-corrected chi connectivity index (χ4v) is 6.36. The molecule has 0 aliphatic carbocycles. The minimum absolute atomic E-state index is 0.522. The SMILES string of the molecule is N#Cc1cncc(-c2cc3c(c4ccccc24)c2c4ccccc4c(-c4cncc(C#N)c4)cc2n3-c2ccccc2)c1. The first-order valence-corrected chi connectivity index (χ1v) is 13.9. The van der Waals surface area contributed by atoms with Crippen LogP contribution in [0.4, 0.5) is 0 Å². The maximum Gasteiger partial charge on any atom is 0.101 e. The molecule has 5 nitrogen and oxygen atoms in total. The highest BCUT2D eigenvalue weighted by Crippen LogP contribution is 2.45. The summed E-state index contributed by atoms with van der Waals surface area (Å²) in [5.41, 5.74) is 8.03. The summed E-state index contributed by atoms with van der Waals surface area (Å²) in [6.07, 6.45) is 6.84. The van der Waals surface area contributed by atoms with E-state index in [9.17, 15) is 10.5 Å². The predicted octanol–water partition coefficient (Wildman–Crippen LogP) is 8.96. The van der Waals surface area contributed by atoms with Crippen molar-refractivity contribution in [3.05, 3.63) is 139 Å². The Morgan fingerprint density at radius 2 is 0.930 bits per heavy atom. The normalized spacial score (nSPS) is 11.2. The second-order valence-corrected chi connectivity index (χ2v) is 10.5. The monoisotopic (exact) mass is 547 g/mol. The lowest BCUT2D eigenvalue weighted by Gasteiger charge is -2.12. The highest BCUT2D eigenvalue weighted by molar-refractivity contribution is 6.31. The lowest BCUT2D eigenvalue weighted by atomic mass is 9.92. The maximum absolute atomic E-state index is 9.62. The van der Waals surface area contributed by atoms with Crippen LogP contribution in [0.2, 0.25) is 0 Å². The lowest BCUT2D eigenvalue weighted by molar-refractivity contribution is 1.18. The molecular weight excluding hydrogens is 526 g/mol. The maximum atomic E-state index is 9.62. The lowest BCUT2D eigenvalue weighted by Crippen LogP contribution is -1.95. The van der Waals surface area contributed by atoms with Gasteiger partial charge < -0.3 is 4.57 Å². The van der Waals surface area contributed by atoms with Crippen molar-refractivity contribution in [3.8, 4) is 40.1 Å². The van der Waals surface area contributed by atoms with Crippen LogP contribution in [0.1, 0.15) is 11.1 Å². The number of hydrogen-bond donors (Lipinski definition) is 0. The van der Waals surface area contributed by atoms with Crippen molar-refractivity contribution >= 4 is 43.4 Å². The van der Waals surface area contributed by atoms with Crippen molar-refractivity contribution in [2.75, 3.05) is 0 Å². The number of para-hydroxylation sites is 1. The summed E-state index contributed by atoms with van der Waals surface area (Å²) in [6, 6.07) is 40.0. The van der Waals surface area contributed by atoms with Crippen LogP contribution in [0.15, 0.2) is 128 Å². The van der Waals surface area contributed by atoms with Gasteiger partial charge in [0.15, 0.2) is 0 Å². The molecule has 43 heavy (non-hydrogen) atoms. The fourth-order valence-electron chi connectivity index (χ4n) is 6.36. The molecule has 0 aliphatic heterocycles. The van der Waals surface area contributed by atoms with Crippen molar-refractivity contribution in [1.29, 1.82) is 10.5 Å². The van der Waals surface area contributed by atoms with Crippen LogP contribution in [0, 0.1) is 22.7 Å². The Kier molecular flexibility index (Phi) is 5.50. The number of nitrogens with zero attached hydrogens (tertiary/aromatic N) is 5. The highest BCUT2D eigenvalue weighted by atomic mass is 15.0. The number of hydrogen-bond acceptors (Lipinski definition) is 4. The molecule has 0 amide bonds. The minimum atomic E-state index is 0.522. The number of rotatable bonds is 3. The van der Waals surface area contributed by atoms with E-state index in [1.807, 2.05) is 30.6 Å². The first kappa shape index (κ1) is 24.5. The molecule has 3 aromatic heterocycles. The van der Waals surface area contributed by atoms with Gasteiger partial charge in [0.1, 0.15) is 12.1 Å². The third-order valence-corrected chi connectivity index (χ3v) is 8.15. The summed E-state index contributed by atoms with van der Waals surface area (Å²) in [5.74, 6) is 0. The topological polar surface area (TPSA) is 78.3 Å². The Hall–Kier alpha value is -6.30. The van der Waals surface area contributed by atoms with Crippen LogP contribution >= 0.6 is 0 Å². The molecule has 0 spiro atoms. The van der Waals surface area contributed by atoms with E-state index < -0.39 is 0 Å². The molecule has 0 atom stereocenters. The van der Waals surface area contributed by atoms with Crippen LogP contribution < -0.4 is 0 Å². The largest absolute Gasteiger partial charge is 0.309 e. The average molecular weight is 548 g/mol. The van der Waals surface area contributed by atoms with Gasteiger partial charge in [-0.3, -0.25) is 9.97 Å². The zero-order chi connectivity index (χ0) is 28.9. The predicted molar refractivity (Wildman–Crippen MR) is 172 cm³/mol. The first-order chi connectivity index (χ1) is 21.2. The zero-order valence-electron chi connectivity index (χ0n) is 22.9. The van der Waals surface area contributed by atoms with Gasteiger partial charge in [0.25, 0.3) is 0 Å². The summed E-state index contributed by atoms with van der Waals surface area (Å²) in [6.45, 7) is 0. The second-order valence-electron chi connectivity index (χ2n) is 10.5. The number of nitriles is 2. The van der Waals surface area contributed by atoms with Gasteiger partial charge in [-0.05, 0) is 69.1 Å². The molecule has 5 heteroatoms. The molecule has 5 aromatic carbocycles. The Bertz CT molecular complexity index is 2320. The Labute approximate surface area is 247 Å². The molecule has 0 saturated heterocycles. The summed E-state index contributed by atoms with van der Waals surface area (Å²) in [7, 11) is 0. The summed E-state index contributed by atoms with van der Waals surface area (Å²) in [5, 5.41) is 26.0. The van der Waals surface area contributed by atoms with Gasteiger partial charge in [-0.25, -0.2) is 0 Å². The van der Waals surface area contributed by atoms with Crippen LogP contribution in [0.3, 0.4) is 0 Å². The number of aromatic nitrogens is 3. The molecule has 8 aromatic rings. The third kappa shape index (κ3) is 3.77. The van der Waals surface area contributed by atoms with Gasteiger partial charge in [-0.2, -0.15) is 10.5 Å². The number of fused-ring (bicyclic) bond motifs is 7. The molecule has 0 saturated carbocycles. The molecule has 0 N–H and O–H groups in total. The zero-order valence-corrected chi connectivity index (χ0v) is 22.9. The van der Waals surface area contributed by atoms with Crippen molar-refractivity contribution < 1.29 is 0 Å². The summed E-state index contributed by atoms with van der Waals surface area (Å²) >= 11 is 0. The van der Waals surface area contributed by atoms with E-state index in [0.29, 0.717) is 11.1 Å². The van der Waals surface area contributed by atoms with Gasteiger partial charge in [0.05, 0.1) is 22.2 Å². The van der Waals surface area contributed by atoms with E-state index in [-0.39, 0.29) is 0 Å². The summed E-state index contributed by atoms with van der Waals surface area (Å²) < 4.78 is 2.32. The molecular formula is C38H21N5. The molecule has 0 fully saturated rings. The van der Waals surface area contributed by atoms with Gasteiger partial charge in [0, 0.05) is 52.4 Å². The van der Waals surface area contributed by atoms with E-state index in [1.54, 1.807) is 12.4 Å². The van der Waals surface area contributed by atoms with Crippen molar-refractivity contribution in [2.24, 2.45) is 0 Å². The number of pyridine rings is 2. The molecule has 0 radical (unpaired) electrons. The van der Waals surface area contributed by atoms with Crippen LogP contribution in [0.5, 0.6) is 0 Å². The van der Waals surface area contributed by atoms with Gasteiger partial charge in [-0.1, -0.05) is 66.7 Å². The van der Waals surface area contributed by atoms with E-state index in [0.717, 1.165) is 71.3 Å². The Morgan fingerprint density at radius 3 is 1.40 bits per heavy atom. The van der Waals surface area contributed by atoms with Crippen LogP contribution in [0.25, 0.3) is 71.3 Å². The van der Waals surface area contributed by atoms with Gasteiger partial charge >= 0.3 is 0 Å². The molecule has 8 rings (SSSR count). The van der Waals surface area contributed by atoms with E-state index in [2.05, 4.69) is 112 Å². The third-order valence-electron chi connectivity index (χ3n) is 8.15. The van der Waals surface area contributed by atoms with Crippen LogP contribution in [-0.2, 0) is 0 Å². The number of benzene rings is 5. The first-order valence-electron chi connectivity index (χ1n) is 13.9. The molecule has 0 unspecified atom stereocenters. The van der Waals surface area contributed by atoms with Gasteiger partial charge in [0.2, 0.25) is 0 Å². The second kappa shape index (κ2) is 9.66. The fraction of sp³-hybridized carbons (Fsp3) is 0. The van der Waals surface area contributed by atoms with Crippen LogP contribution in [-0.4, -0.2) is 14.5 Å². The highest BCUT2D eigenvalue weighted by Gasteiger charge is 2.21. The Balaban J connectivity index is 1.61. The minimum Gasteiger partial charge on any atom is -0.309 e. The molecule has 3 heterocycles. The molecule has 0 bridgehead atoms. The molecule has 0 aliphatic rings. The van der Waals surface area contributed by atoms with E-state index in [1.165, 1.54) is 0 Å². The molecule has 198 valence electrons. The average Bonchev–Trinajstić information content (AvgIpc) is 3.42. The van der Waals surface area contributed by atoms with Crippen molar-refractivity contribution in [1.82, 2.24) is 14.5 Å². The smallest absolute Gasteiger partial charge is 0.101 e. The van der Waals surface area contributed by atoms with Crippen molar-refractivity contribution in [3.63, 3.8) is 0 Å². The summed E-state index contributed by atoms with van der Waals surface area (Å²) in [4.78, 5) is 8.77. The van der Waals surface area contributed by atoms with Gasteiger partial charge in [-0.15, -0.1) is 0 Å². The standard InChI is InChI=1S/C38H21N5/c39-18-24-14-26(22-41-20-24)33-16-35-37(31-12-6-4-10-29(31)33)38-32-13-7-5-11-30(32)34(27-15-25(19-40)21-42-23-27)17-36(38)43(35)28-8-2-1-3-9-28/h1-17,20-23H. The quantitative estimate of drug-likeness (QED) is 0.221.